The second kappa shape index (κ2) is 5.85. The molecule has 2 aromatic rings. The van der Waals surface area contributed by atoms with Crippen molar-refractivity contribution in [2.75, 3.05) is 0 Å². The quantitative estimate of drug-likeness (QED) is 0.899. The molecule has 0 aliphatic heterocycles. The number of rotatable bonds is 3. The van der Waals surface area contributed by atoms with Gasteiger partial charge in [0, 0.05) is 6.54 Å². The molecule has 20 heavy (non-hydrogen) atoms. The van der Waals surface area contributed by atoms with Crippen LogP contribution >= 0.6 is 0 Å². The van der Waals surface area contributed by atoms with E-state index >= 15 is 0 Å². The van der Waals surface area contributed by atoms with Crippen LogP contribution in [0, 0.1) is 17.1 Å². The van der Waals surface area contributed by atoms with Gasteiger partial charge in [-0.3, -0.25) is 4.79 Å². The van der Waals surface area contributed by atoms with Crippen LogP contribution in [0.4, 0.5) is 4.39 Å². The van der Waals surface area contributed by atoms with Gasteiger partial charge in [0.05, 0.1) is 17.2 Å². The zero-order valence-electron chi connectivity index (χ0n) is 10.4. The summed E-state index contributed by atoms with van der Waals surface area (Å²) >= 11 is 0. The van der Waals surface area contributed by atoms with Crippen LogP contribution in [0.5, 0.6) is 5.75 Å². The summed E-state index contributed by atoms with van der Waals surface area (Å²) in [6.45, 7) is 0.223. The lowest BCUT2D eigenvalue weighted by molar-refractivity contribution is 0.0947. The van der Waals surface area contributed by atoms with Crippen molar-refractivity contribution in [1.82, 2.24) is 5.32 Å². The molecule has 5 heteroatoms. The Morgan fingerprint density at radius 1 is 1.25 bits per heavy atom. The third kappa shape index (κ3) is 3.12. The Balaban J connectivity index is 2.04. The van der Waals surface area contributed by atoms with Crippen molar-refractivity contribution in [3.05, 3.63) is 65.0 Å². The van der Waals surface area contributed by atoms with Crippen LogP contribution in [-0.2, 0) is 6.54 Å². The van der Waals surface area contributed by atoms with Crippen molar-refractivity contribution >= 4 is 5.91 Å². The lowest BCUT2D eigenvalue weighted by Gasteiger charge is -2.07. The number of amides is 1. The highest BCUT2D eigenvalue weighted by Gasteiger charge is 2.11. The Morgan fingerprint density at radius 3 is 2.60 bits per heavy atom. The molecular weight excluding hydrogens is 259 g/mol. The molecule has 2 rings (SSSR count). The Hall–Kier alpha value is -2.87. The maximum atomic E-state index is 13.0. The minimum Gasteiger partial charge on any atom is -0.507 e. The minimum absolute atomic E-state index is 0.112. The topological polar surface area (TPSA) is 73.1 Å². The fourth-order valence-corrected chi connectivity index (χ4v) is 1.66. The average molecular weight is 270 g/mol. The maximum absolute atomic E-state index is 13.0. The van der Waals surface area contributed by atoms with E-state index < -0.39 is 11.7 Å². The summed E-state index contributed by atoms with van der Waals surface area (Å²) in [5.41, 5.74) is 1.22. The van der Waals surface area contributed by atoms with Crippen molar-refractivity contribution in [2.24, 2.45) is 0 Å². The van der Waals surface area contributed by atoms with E-state index in [1.807, 2.05) is 6.07 Å². The van der Waals surface area contributed by atoms with Crippen LogP contribution in [0.2, 0.25) is 0 Å². The standard InChI is InChI=1S/C15H11FN2O2/c16-12-5-6-14(19)13(7-12)15(20)18-9-11-3-1-10(8-17)2-4-11/h1-7,19H,9H2,(H,18,20). The van der Waals surface area contributed by atoms with Gasteiger partial charge in [-0.2, -0.15) is 5.26 Å². The van der Waals surface area contributed by atoms with E-state index in [1.54, 1.807) is 24.3 Å². The first kappa shape index (κ1) is 13.6. The summed E-state index contributed by atoms with van der Waals surface area (Å²) < 4.78 is 13.0. The van der Waals surface area contributed by atoms with Gasteiger partial charge >= 0.3 is 0 Å². The monoisotopic (exact) mass is 270 g/mol. The molecule has 0 aliphatic rings. The summed E-state index contributed by atoms with van der Waals surface area (Å²) in [6.07, 6.45) is 0. The van der Waals surface area contributed by atoms with E-state index in [1.165, 1.54) is 0 Å². The number of nitrogens with one attached hydrogen (secondary N) is 1. The number of nitrogens with zero attached hydrogens (tertiary/aromatic N) is 1. The fourth-order valence-electron chi connectivity index (χ4n) is 1.66. The number of hydrogen-bond donors (Lipinski definition) is 2. The smallest absolute Gasteiger partial charge is 0.255 e. The molecule has 0 spiro atoms. The number of hydrogen-bond acceptors (Lipinski definition) is 3. The molecule has 0 bridgehead atoms. The molecule has 100 valence electrons. The van der Waals surface area contributed by atoms with Crippen LogP contribution in [0.3, 0.4) is 0 Å². The van der Waals surface area contributed by atoms with Crippen molar-refractivity contribution in [3.63, 3.8) is 0 Å². The first-order chi connectivity index (χ1) is 9.60. The number of carbonyl (C=O) groups excluding carboxylic acids is 1. The van der Waals surface area contributed by atoms with Crippen LogP contribution < -0.4 is 5.32 Å². The van der Waals surface area contributed by atoms with Crippen LogP contribution in [-0.4, -0.2) is 11.0 Å². The van der Waals surface area contributed by atoms with Crippen molar-refractivity contribution < 1.29 is 14.3 Å². The van der Waals surface area contributed by atoms with Gasteiger partial charge in [0.25, 0.3) is 5.91 Å². The minimum atomic E-state index is -0.591. The number of carbonyl (C=O) groups is 1. The number of nitriles is 1. The molecule has 0 aromatic heterocycles. The number of phenols is 1. The molecule has 0 saturated heterocycles. The molecule has 2 aromatic carbocycles. The summed E-state index contributed by atoms with van der Waals surface area (Å²) in [6, 6.07) is 11.9. The van der Waals surface area contributed by atoms with Crippen molar-refractivity contribution in [2.45, 2.75) is 6.54 Å². The first-order valence-electron chi connectivity index (χ1n) is 5.86. The normalized spacial score (nSPS) is 9.80. The predicted molar refractivity (Wildman–Crippen MR) is 70.4 cm³/mol. The lowest BCUT2D eigenvalue weighted by atomic mass is 10.1. The largest absolute Gasteiger partial charge is 0.507 e. The van der Waals surface area contributed by atoms with Crippen molar-refractivity contribution in [3.8, 4) is 11.8 Å². The summed E-state index contributed by atoms with van der Waals surface area (Å²) in [5, 5.41) is 20.7. The van der Waals surface area contributed by atoms with E-state index in [0.29, 0.717) is 5.56 Å². The van der Waals surface area contributed by atoms with E-state index in [9.17, 15) is 14.3 Å². The zero-order chi connectivity index (χ0) is 14.5. The average Bonchev–Trinajstić information content (AvgIpc) is 2.47. The highest BCUT2D eigenvalue weighted by atomic mass is 19.1. The van der Waals surface area contributed by atoms with E-state index in [2.05, 4.69) is 5.32 Å². The second-order valence-electron chi connectivity index (χ2n) is 4.15. The number of halogens is 1. The molecule has 0 unspecified atom stereocenters. The number of aromatic hydroxyl groups is 1. The fraction of sp³-hybridized carbons (Fsp3) is 0.0667. The van der Waals surface area contributed by atoms with Crippen LogP contribution in [0.25, 0.3) is 0 Å². The molecule has 0 atom stereocenters. The Kier molecular flexibility index (Phi) is 3.96. The molecule has 4 nitrogen and oxygen atoms in total. The summed E-state index contributed by atoms with van der Waals surface area (Å²) in [7, 11) is 0. The van der Waals surface area contributed by atoms with Crippen molar-refractivity contribution in [1.29, 1.82) is 5.26 Å². The molecule has 2 N–H and O–H groups in total. The van der Waals surface area contributed by atoms with Crippen LogP contribution in [0.15, 0.2) is 42.5 Å². The predicted octanol–water partition coefficient (Wildman–Crippen LogP) is 2.33. The van der Waals surface area contributed by atoms with Gasteiger partial charge < -0.3 is 10.4 Å². The van der Waals surface area contributed by atoms with E-state index in [0.717, 1.165) is 23.8 Å². The van der Waals surface area contributed by atoms with Gasteiger partial charge in [0.2, 0.25) is 0 Å². The molecule has 0 radical (unpaired) electrons. The third-order valence-electron chi connectivity index (χ3n) is 2.74. The Morgan fingerprint density at radius 2 is 1.95 bits per heavy atom. The molecule has 0 aliphatic carbocycles. The van der Waals surface area contributed by atoms with Gasteiger partial charge in [0.1, 0.15) is 11.6 Å². The maximum Gasteiger partial charge on any atom is 0.255 e. The summed E-state index contributed by atoms with van der Waals surface area (Å²) in [5.74, 6) is -1.43. The van der Waals surface area contributed by atoms with Crippen LogP contribution in [0.1, 0.15) is 21.5 Å². The highest BCUT2D eigenvalue weighted by Crippen LogP contribution is 2.17. The molecular formula is C15H11FN2O2. The van der Waals surface area contributed by atoms with E-state index in [4.69, 9.17) is 5.26 Å². The Bertz CT molecular complexity index is 675. The number of phenolic OH excluding ortho intramolecular Hbond substituents is 1. The molecule has 0 fully saturated rings. The van der Waals surface area contributed by atoms with Gasteiger partial charge in [-0.1, -0.05) is 12.1 Å². The molecule has 0 heterocycles. The van der Waals surface area contributed by atoms with E-state index in [-0.39, 0.29) is 17.9 Å². The molecule has 1 amide bonds. The van der Waals surface area contributed by atoms with Gasteiger partial charge in [-0.15, -0.1) is 0 Å². The Labute approximate surface area is 115 Å². The summed E-state index contributed by atoms with van der Waals surface area (Å²) in [4.78, 5) is 11.8. The highest BCUT2D eigenvalue weighted by molar-refractivity contribution is 5.96. The lowest BCUT2D eigenvalue weighted by Crippen LogP contribution is -2.23. The zero-order valence-corrected chi connectivity index (χ0v) is 10.4. The number of benzene rings is 2. The van der Waals surface area contributed by atoms with Gasteiger partial charge in [0.15, 0.2) is 0 Å². The third-order valence-corrected chi connectivity index (χ3v) is 2.74. The van der Waals surface area contributed by atoms with Gasteiger partial charge in [-0.05, 0) is 35.9 Å². The second-order valence-corrected chi connectivity index (χ2v) is 4.15. The SMILES string of the molecule is N#Cc1ccc(CNC(=O)c2cc(F)ccc2O)cc1. The molecule has 0 saturated carbocycles. The van der Waals surface area contributed by atoms with Gasteiger partial charge in [-0.25, -0.2) is 4.39 Å². The first-order valence-corrected chi connectivity index (χ1v) is 5.86.